The minimum atomic E-state index is 0.600. The van der Waals surface area contributed by atoms with E-state index in [1.54, 1.807) is 0 Å². The molecule has 0 spiro atoms. The number of imidazole rings is 1. The van der Waals surface area contributed by atoms with E-state index in [2.05, 4.69) is 56.1 Å². The van der Waals surface area contributed by atoms with Crippen LogP contribution in [0.3, 0.4) is 0 Å². The predicted octanol–water partition coefficient (Wildman–Crippen LogP) is 5.20. The van der Waals surface area contributed by atoms with Crippen LogP contribution in [0.4, 0.5) is 11.6 Å². The van der Waals surface area contributed by atoms with E-state index in [1.807, 2.05) is 12.1 Å². The summed E-state index contributed by atoms with van der Waals surface area (Å²) in [5.74, 6) is 0.969. The van der Waals surface area contributed by atoms with Crippen molar-refractivity contribution in [2.24, 2.45) is 0 Å². The van der Waals surface area contributed by atoms with Crippen molar-refractivity contribution in [2.45, 2.75) is 45.1 Å². The van der Waals surface area contributed by atoms with Gasteiger partial charge in [0.2, 0.25) is 5.95 Å². The molecule has 4 heteroatoms. The average molecular weight is 334 g/mol. The zero-order valence-corrected chi connectivity index (χ0v) is 13.4. The molecule has 1 N–H and O–H groups in total. The molecule has 20 heavy (non-hydrogen) atoms. The maximum Gasteiger partial charge on any atom is 0.207 e. The van der Waals surface area contributed by atoms with E-state index in [4.69, 9.17) is 0 Å². The Labute approximate surface area is 128 Å². The molecule has 0 saturated heterocycles. The lowest BCUT2D eigenvalue weighted by Crippen LogP contribution is -2.14. The summed E-state index contributed by atoms with van der Waals surface area (Å²) in [5, 5.41) is 3.45. The van der Waals surface area contributed by atoms with Crippen molar-refractivity contribution in [3.05, 3.63) is 40.6 Å². The molecule has 3 nitrogen and oxygen atoms in total. The topological polar surface area (TPSA) is 29.9 Å². The summed E-state index contributed by atoms with van der Waals surface area (Å²) in [7, 11) is 0. The van der Waals surface area contributed by atoms with Crippen LogP contribution in [-0.4, -0.2) is 9.55 Å². The molecule has 1 heterocycles. The van der Waals surface area contributed by atoms with Crippen LogP contribution < -0.4 is 5.32 Å². The fraction of sp³-hybridized carbons (Fsp3) is 0.438. The van der Waals surface area contributed by atoms with Crippen LogP contribution in [0.25, 0.3) is 0 Å². The third kappa shape index (κ3) is 3.06. The quantitative estimate of drug-likeness (QED) is 0.836. The molecule has 2 aromatic rings. The van der Waals surface area contributed by atoms with E-state index < -0.39 is 0 Å². The molecule has 1 aliphatic rings. The van der Waals surface area contributed by atoms with E-state index in [1.165, 1.54) is 32.1 Å². The zero-order chi connectivity index (χ0) is 13.9. The fourth-order valence-electron chi connectivity index (χ4n) is 2.91. The predicted molar refractivity (Wildman–Crippen MR) is 86.5 cm³/mol. The molecule has 3 rings (SSSR count). The number of aromatic nitrogens is 2. The van der Waals surface area contributed by atoms with Crippen LogP contribution in [0.2, 0.25) is 0 Å². The Hall–Kier alpha value is -1.29. The van der Waals surface area contributed by atoms with Gasteiger partial charge in [-0.3, -0.25) is 0 Å². The molecule has 0 unspecified atom stereocenters. The standard InChI is InChI=1S/C16H20BrN3/c1-12-11-20(15-5-3-2-4-6-15)16(18-12)19-14-9-7-13(17)8-10-14/h7-11,15H,2-6H2,1H3,(H,18,19). The number of hydrogen-bond acceptors (Lipinski definition) is 2. The SMILES string of the molecule is Cc1cn(C2CCCCC2)c(Nc2ccc(Br)cc2)n1. The highest BCUT2D eigenvalue weighted by atomic mass is 79.9. The first-order valence-corrected chi connectivity index (χ1v) is 8.10. The second-order valence-corrected chi connectivity index (χ2v) is 6.45. The molecule has 106 valence electrons. The van der Waals surface area contributed by atoms with Crippen molar-refractivity contribution in [2.75, 3.05) is 5.32 Å². The normalized spacial score (nSPS) is 16.3. The van der Waals surface area contributed by atoms with Crippen molar-refractivity contribution in [1.29, 1.82) is 0 Å². The Morgan fingerprint density at radius 2 is 1.85 bits per heavy atom. The van der Waals surface area contributed by atoms with Gasteiger partial charge in [-0.2, -0.15) is 0 Å². The smallest absolute Gasteiger partial charge is 0.207 e. The number of hydrogen-bond donors (Lipinski definition) is 1. The molecule has 0 bridgehead atoms. The summed E-state index contributed by atoms with van der Waals surface area (Å²) >= 11 is 3.46. The van der Waals surface area contributed by atoms with E-state index in [-0.39, 0.29) is 0 Å². The van der Waals surface area contributed by atoms with Crippen LogP contribution in [0.1, 0.15) is 43.8 Å². The van der Waals surface area contributed by atoms with Gasteiger partial charge in [0.05, 0.1) is 5.69 Å². The number of benzene rings is 1. The van der Waals surface area contributed by atoms with Crippen molar-refractivity contribution >= 4 is 27.6 Å². The monoisotopic (exact) mass is 333 g/mol. The van der Waals surface area contributed by atoms with Crippen molar-refractivity contribution in [1.82, 2.24) is 9.55 Å². The van der Waals surface area contributed by atoms with Gasteiger partial charge in [-0.15, -0.1) is 0 Å². The van der Waals surface area contributed by atoms with Gasteiger partial charge in [-0.1, -0.05) is 35.2 Å². The summed E-state index contributed by atoms with van der Waals surface area (Å²) < 4.78 is 3.42. The number of rotatable bonds is 3. The first-order valence-electron chi connectivity index (χ1n) is 7.30. The first kappa shape index (κ1) is 13.7. The van der Waals surface area contributed by atoms with Crippen LogP contribution in [0, 0.1) is 6.92 Å². The molecule has 1 aromatic heterocycles. The number of nitrogens with zero attached hydrogens (tertiary/aromatic N) is 2. The first-order chi connectivity index (χ1) is 9.72. The van der Waals surface area contributed by atoms with E-state index in [0.29, 0.717) is 6.04 Å². The van der Waals surface area contributed by atoms with Crippen LogP contribution in [0.15, 0.2) is 34.9 Å². The van der Waals surface area contributed by atoms with Gasteiger partial charge >= 0.3 is 0 Å². The van der Waals surface area contributed by atoms with Gasteiger partial charge in [-0.05, 0) is 44.0 Å². The summed E-state index contributed by atoms with van der Waals surface area (Å²) in [6.07, 6.45) is 8.76. The Balaban J connectivity index is 1.83. The third-order valence-electron chi connectivity index (χ3n) is 3.92. The maximum absolute atomic E-state index is 4.64. The summed E-state index contributed by atoms with van der Waals surface area (Å²) in [5.41, 5.74) is 2.16. The molecule has 1 aromatic carbocycles. The molecule has 1 fully saturated rings. The van der Waals surface area contributed by atoms with Crippen LogP contribution in [-0.2, 0) is 0 Å². The van der Waals surface area contributed by atoms with Gasteiger partial charge in [-0.25, -0.2) is 4.98 Å². The highest BCUT2D eigenvalue weighted by Gasteiger charge is 2.18. The molecular weight excluding hydrogens is 314 g/mol. The highest BCUT2D eigenvalue weighted by Crippen LogP contribution is 2.31. The van der Waals surface area contributed by atoms with E-state index in [9.17, 15) is 0 Å². The van der Waals surface area contributed by atoms with E-state index >= 15 is 0 Å². The lowest BCUT2D eigenvalue weighted by atomic mass is 9.95. The van der Waals surface area contributed by atoms with Crippen molar-refractivity contribution in [3.63, 3.8) is 0 Å². The lowest BCUT2D eigenvalue weighted by molar-refractivity contribution is 0.356. The van der Waals surface area contributed by atoms with Gasteiger partial charge in [0.25, 0.3) is 0 Å². The largest absolute Gasteiger partial charge is 0.326 e. The van der Waals surface area contributed by atoms with Crippen molar-refractivity contribution < 1.29 is 0 Å². The van der Waals surface area contributed by atoms with Gasteiger partial charge in [0.1, 0.15) is 0 Å². The van der Waals surface area contributed by atoms with Gasteiger partial charge < -0.3 is 9.88 Å². The Morgan fingerprint density at radius 1 is 1.15 bits per heavy atom. The molecular formula is C16H20BrN3. The van der Waals surface area contributed by atoms with Crippen LogP contribution in [0.5, 0.6) is 0 Å². The maximum atomic E-state index is 4.64. The molecule has 0 atom stereocenters. The zero-order valence-electron chi connectivity index (χ0n) is 11.8. The Morgan fingerprint density at radius 3 is 2.55 bits per heavy atom. The second kappa shape index (κ2) is 6.00. The minimum Gasteiger partial charge on any atom is -0.326 e. The van der Waals surface area contributed by atoms with Crippen LogP contribution >= 0.6 is 15.9 Å². The summed E-state index contributed by atoms with van der Waals surface area (Å²) in [6.45, 7) is 2.06. The van der Waals surface area contributed by atoms with Gasteiger partial charge in [0.15, 0.2) is 0 Å². The van der Waals surface area contributed by atoms with Crippen molar-refractivity contribution in [3.8, 4) is 0 Å². The number of halogens is 1. The second-order valence-electron chi connectivity index (χ2n) is 5.54. The Bertz CT molecular complexity index is 568. The highest BCUT2D eigenvalue weighted by molar-refractivity contribution is 9.10. The molecule has 0 aliphatic heterocycles. The fourth-order valence-corrected chi connectivity index (χ4v) is 3.17. The summed E-state index contributed by atoms with van der Waals surface area (Å²) in [6, 6.07) is 8.83. The average Bonchev–Trinajstić information content (AvgIpc) is 2.83. The molecule has 1 saturated carbocycles. The number of aryl methyl sites for hydroxylation is 1. The minimum absolute atomic E-state index is 0.600. The Kier molecular flexibility index (Phi) is 4.10. The molecule has 1 aliphatic carbocycles. The molecule has 0 amide bonds. The molecule has 0 radical (unpaired) electrons. The summed E-state index contributed by atoms with van der Waals surface area (Å²) in [4.78, 5) is 4.64. The number of anilines is 2. The third-order valence-corrected chi connectivity index (χ3v) is 4.45. The lowest BCUT2D eigenvalue weighted by Gasteiger charge is -2.24. The van der Waals surface area contributed by atoms with E-state index in [0.717, 1.165) is 21.8 Å². The number of nitrogens with one attached hydrogen (secondary N) is 1. The van der Waals surface area contributed by atoms with Gasteiger partial charge in [0, 0.05) is 22.4 Å².